The number of nitrogens with one attached hydrogen (secondary N) is 4. The van der Waals surface area contributed by atoms with E-state index in [4.69, 9.17) is 24.4 Å². The van der Waals surface area contributed by atoms with Crippen LogP contribution in [0, 0.1) is 0 Å². The van der Waals surface area contributed by atoms with Crippen LogP contribution in [-0.4, -0.2) is 10.2 Å². The summed E-state index contributed by atoms with van der Waals surface area (Å²) < 4.78 is 16.3. The normalized spacial score (nSPS) is 10.9. The lowest BCUT2D eigenvalue weighted by Crippen LogP contribution is -2.28. The van der Waals surface area contributed by atoms with Crippen LogP contribution in [0.3, 0.4) is 0 Å². The van der Waals surface area contributed by atoms with Gasteiger partial charge in [-0.1, -0.05) is 91.9 Å². The molecule has 4 aromatic rings. The van der Waals surface area contributed by atoms with Gasteiger partial charge in [0.05, 0.1) is 0 Å². The first-order valence-corrected chi connectivity index (χ1v) is 13.4. The second kappa shape index (κ2) is 13.1. The minimum atomic E-state index is -1.62. The second-order valence-electron chi connectivity index (χ2n) is 8.90. The summed E-state index contributed by atoms with van der Waals surface area (Å²) in [6, 6.07) is 34.7. The lowest BCUT2D eigenvalue weighted by atomic mass is 9.85. The summed E-state index contributed by atoms with van der Waals surface area (Å²) in [5.41, 5.74) is 3.45. The highest BCUT2D eigenvalue weighted by atomic mass is 32.1. The molecule has 7 heteroatoms. The average Bonchev–Trinajstić information content (AvgIpc) is 2.96. The topological polar surface area (TPSA) is 48.1 Å². The van der Waals surface area contributed by atoms with Gasteiger partial charge in [-0.2, -0.15) is 0 Å². The van der Waals surface area contributed by atoms with Gasteiger partial charge in [-0.15, -0.1) is 0 Å². The predicted octanol–water partition coefficient (Wildman–Crippen LogP) is 7.28. The number of halogens is 1. The Morgan fingerprint density at radius 3 is 1.32 bits per heavy atom. The number of alkyl halides is 1. The number of thiocarbonyl (C=S) groups is 2. The summed E-state index contributed by atoms with van der Waals surface area (Å²) in [4.78, 5) is 0. The fraction of sp³-hybridized carbons (Fsp3) is 0.161. The van der Waals surface area contributed by atoms with Gasteiger partial charge in [-0.25, -0.2) is 4.39 Å². The summed E-state index contributed by atoms with van der Waals surface area (Å²) in [6.07, 6.45) is 0.306. The molecular weight excluding hydrogens is 512 g/mol. The fourth-order valence-corrected chi connectivity index (χ4v) is 4.50. The van der Waals surface area contributed by atoms with Gasteiger partial charge in [-0.3, -0.25) is 0 Å². The van der Waals surface area contributed by atoms with Gasteiger partial charge in [-0.05, 0) is 77.4 Å². The molecule has 0 bridgehead atoms. The van der Waals surface area contributed by atoms with Crippen molar-refractivity contribution >= 4 is 46.0 Å². The number of anilines is 2. The van der Waals surface area contributed by atoms with Crippen molar-refractivity contribution in [3.05, 3.63) is 131 Å². The Morgan fingerprint density at radius 1 is 0.605 bits per heavy atom. The summed E-state index contributed by atoms with van der Waals surface area (Å²) in [6.45, 7) is 3.11. The van der Waals surface area contributed by atoms with Crippen molar-refractivity contribution < 1.29 is 4.39 Å². The van der Waals surface area contributed by atoms with Gasteiger partial charge >= 0.3 is 0 Å². The Bertz CT molecular complexity index is 1230. The maximum atomic E-state index is 16.3. The number of benzene rings is 4. The molecule has 0 radical (unpaired) electrons. The molecule has 0 aliphatic carbocycles. The van der Waals surface area contributed by atoms with Crippen LogP contribution in [0.5, 0.6) is 0 Å². The first-order valence-electron chi connectivity index (χ1n) is 12.5. The van der Waals surface area contributed by atoms with E-state index in [0.717, 1.165) is 22.5 Å². The molecule has 0 aliphatic rings. The zero-order chi connectivity index (χ0) is 26.8. The van der Waals surface area contributed by atoms with Crippen LogP contribution in [0.15, 0.2) is 109 Å². The molecule has 0 saturated heterocycles. The van der Waals surface area contributed by atoms with Gasteiger partial charge in [0.1, 0.15) is 0 Å². The van der Waals surface area contributed by atoms with Gasteiger partial charge in [0.2, 0.25) is 0 Å². The zero-order valence-electron chi connectivity index (χ0n) is 21.2. The van der Waals surface area contributed by atoms with Crippen LogP contribution in [0.2, 0.25) is 0 Å². The standard InChI is InChI=1S/C31H31FN4S2/c1-2-31(32,25-13-17-27(18-14-25)35-29(37)33-21-23-9-5-3-6-10-23)26-15-19-28(20-16-26)36-30(38)34-22-24-11-7-4-8-12-24/h3-20H,2,21-22H2,1H3,(H2,33,35,37)(H2,34,36,38). The van der Waals surface area contributed by atoms with Gasteiger partial charge in [0, 0.05) is 24.5 Å². The van der Waals surface area contributed by atoms with E-state index < -0.39 is 5.67 Å². The highest BCUT2D eigenvalue weighted by Crippen LogP contribution is 2.38. The first kappa shape index (κ1) is 27.2. The SMILES string of the molecule is CCC(F)(c1ccc(NC(=S)NCc2ccccc2)cc1)c1ccc(NC(=S)NCc2ccccc2)cc1. The van der Waals surface area contributed by atoms with Crippen molar-refractivity contribution in [2.75, 3.05) is 10.6 Å². The summed E-state index contributed by atoms with van der Waals surface area (Å²) in [5.74, 6) is 0. The first-order chi connectivity index (χ1) is 18.5. The van der Waals surface area contributed by atoms with E-state index in [9.17, 15) is 0 Å². The maximum absolute atomic E-state index is 16.3. The molecule has 4 aromatic carbocycles. The third-order valence-electron chi connectivity index (χ3n) is 6.28. The summed E-state index contributed by atoms with van der Waals surface area (Å²) in [5, 5.41) is 13.7. The van der Waals surface area contributed by atoms with E-state index in [1.807, 2.05) is 91.9 Å². The van der Waals surface area contributed by atoms with E-state index in [1.165, 1.54) is 0 Å². The van der Waals surface area contributed by atoms with E-state index in [-0.39, 0.29) is 0 Å². The molecule has 4 nitrogen and oxygen atoms in total. The van der Waals surface area contributed by atoms with E-state index >= 15 is 4.39 Å². The van der Waals surface area contributed by atoms with Crippen molar-refractivity contribution in [2.24, 2.45) is 0 Å². The predicted molar refractivity (Wildman–Crippen MR) is 164 cm³/mol. The van der Waals surface area contributed by atoms with E-state index in [2.05, 4.69) is 21.3 Å². The lowest BCUT2D eigenvalue weighted by Gasteiger charge is -2.26. The Kier molecular flexibility index (Phi) is 9.40. The van der Waals surface area contributed by atoms with Crippen LogP contribution < -0.4 is 21.3 Å². The summed E-state index contributed by atoms with van der Waals surface area (Å²) in [7, 11) is 0. The monoisotopic (exact) mass is 542 g/mol. The molecule has 0 atom stereocenters. The van der Waals surface area contributed by atoms with Gasteiger partial charge < -0.3 is 21.3 Å². The molecular formula is C31H31FN4S2. The van der Waals surface area contributed by atoms with Crippen LogP contribution in [-0.2, 0) is 18.8 Å². The quantitative estimate of drug-likeness (QED) is 0.167. The van der Waals surface area contributed by atoms with Crippen LogP contribution in [0.1, 0.15) is 35.6 Å². The number of hydrogen-bond acceptors (Lipinski definition) is 2. The van der Waals surface area contributed by atoms with Crippen molar-refractivity contribution in [2.45, 2.75) is 32.1 Å². The fourth-order valence-electron chi connectivity index (χ4n) is 4.12. The molecule has 0 fully saturated rings. The Balaban J connectivity index is 1.34. The molecule has 194 valence electrons. The second-order valence-corrected chi connectivity index (χ2v) is 9.71. The Labute approximate surface area is 234 Å². The van der Waals surface area contributed by atoms with Gasteiger partial charge in [0.25, 0.3) is 0 Å². The molecule has 0 heterocycles. The highest BCUT2D eigenvalue weighted by Gasteiger charge is 2.32. The van der Waals surface area contributed by atoms with Gasteiger partial charge in [0.15, 0.2) is 15.9 Å². The molecule has 0 aromatic heterocycles. The van der Waals surface area contributed by atoms with Crippen LogP contribution >= 0.6 is 24.4 Å². The number of hydrogen-bond donors (Lipinski definition) is 4. The third-order valence-corrected chi connectivity index (χ3v) is 6.77. The molecule has 4 rings (SSSR count). The third kappa shape index (κ3) is 7.37. The highest BCUT2D eigenvalue weighted by molar-refractivity contribution is 7.80. The maximum Gasteiger partial charge on any atom is 0.171 e. The van der Waals surface area contributed by atoms with Crippen molar-refractivity contribution in [1.82, 2.24) is 10.6 Å². The average molecular weight is 543 g/mol. The molecule has 0 saturated carbocycles. The molecule has 0 amide bonds. The molecule has 0 unspecified atom stereocenters. The zero-order valence-corrected chi connectivity index (χ0v) is 22.8. The van der Waals surface area contributed by atoms with E-state index in [0.29, 0.717) is 40.9 Å². The van der Waals surface area contributed by atoms with Crippen molar-refractivity contribution in [1.29, 1.82) is 0 Å². The van der Waals surface area contributed by atoms with Crippen molar-refractivity contribution in [3.63, 3.8) is 0 Å². The smallest absolute Gasteiger partial charge is 0.171 e. The molecule has 4 N–H and O–H groups in total. The van der Waals surface area contributed by atoms with E-state index in [1.54, 1.807) is 24.3 Å². The van der Waals surface area contributed by atoms with Crippen molar-refractivity contribution in [3.8, 4) is 0 Å². The lowest BCUT2D eigenvalue weighted by molar-refractivity contribution is 0.214. The Morgan fingerprint density at radius 2 is 0.974 bits per heavy atom. The number of rotatable bonds is 9. The minimum absolute atomic E-state index is 0.306. The van der Waals surface area contributed by atoms with Crippen LogP contribution in [0.25, 0.3) is 0 Å². The Hall–Kier alpha value is -3.81. The molecule has 0 aliphatic heterocycles. The van der Waals surface area contributed by atoms with Crippen LogP contribution in [0.4, 0.5) is 15.8 Å². The minimum Gasteiger partial charge on any atom is -0.358 e. The largest absolute Gasteiger partial charge is 0.358 e. The summed E-state index contributed by atoms with van der Waals surface area (Å²) >= 11 is 10.8. The molecule has 0 spiro atoms. The molecule has 38 heavy (non-hydrogen) atoms.